The maximum Gasteiger partial charge on any atom is 0.358 e. The van der Waals surface area contributed by atoms with E-state index >= 15 is 0 Å². The van der Waals surface area contributed by atoms with Crippen molar-refractivity contribution in [1.82, 2.24) is 0 Å². The average Bonchev–Trinajstić information content (AvgIpc) is 2.58. The summed E-state index contributed by atoms with van der Waals surface area (Å²) in [6.45, 7) is 11.9. The van der Waals surface area contributed by atoms with Crippen LogP contribution in [0.5, 0.6) is 0 Å². The van der Waals surface area contributed by atoms with Crippen molar-refractivity contribution in [2.45, 2.75) is 41.5 Å². The highest BCUT2D eigenvalue weighted by Gasteiger charge is 2.34. The van der Waals surface area contributed by atoms with Crippen LogP contribution in [-0.2, 0) is 14.4 Å². The van der Waals surface area contributed by atoms with Crippen LogP contribution in [-0.4, -0.2) is 17.5 Å². The maximum atomic E-state index is 12.9. The standard InChI is InChI=1S/C23H27NO3/c1-22(2,3)18-14-17(15-19(21(18)26)23(4,5)6)24-27-20(25)13-12-16-10-8-7-9-11-16/h7-15H,1-6H3/b13-12-. The van der Waals surface area contributed by atoms with Crippen molar-refractivity contribution < 1.29 is 14.4 Å². The number of Topliss-reactive ketones (excluding diaryl/α,β-unsaturated/α-hetero) is 1. The van der Waals surface area contributed by atoms with Gasteiger partial charge in [-0.3, -0.25) is 4.79 Å². The molecule has 4 heteroatoms. The largest absolute Gasteiger partial charge is 0.358 e. The summed E-state index contributed by atoms with van der Waals surface area (Å²) >= 11 is 0. The normalized spacial score (nSPS) is 15.5. The monoisotopic (exact) mass is 365 g/mol. The van der Waals surface area contributed by atoms with Gasteiger partial charge in [0.2, 0.25) is 0 Å². The van der Waals surface area contributed by atoms with E-state index in [1.54, 1.807) is 18.2 Å². The summed E-state index contributed by atoms with van der Waals surface area (Å²) in [5.74, 6) is -0.552. The molecule has 0 fully saturated rings. The third-order valence-corrected chi connectivity index (χ3v) is 4.14. The van der Waals surface area contributed by atoms with E-state index in [9.17, 15) is 9.59 Å². The Morgan fingerprint density at radius 2 is 1.44 bits per heavy atom. The van der Waals surface area contributed by atoms with Gasteiger partial charge in [-0.1, -0.05) is 77.0 Å². The quantitative estimate of drug-likeness (QED) is 0.323. The summed E-state index contributed by atoms with van der Waals surface area (Å²) in [4.78, 5) is 29.8. The van der Waals surface area contributed by atoms with Gasteiger partial charge in [0.1, 0.15) is 5.71 Å². The predicted octanol–water partition coefficient (Wildman–Crippen LogP) is 5.13. The van der Waals surface area contributed by atoms with E-state index in [1.165, 1.54) is 6.08 Å². The topological polar surface area (TPSA) is 55.7 Å². The zero-order chi connectivity index (χ0) is 20.2. The summed E-state index contributed by atoms with van der Waals surface area (Å²) in [5, 5.41) is 3.97. The van der Waals surface area contributed by atoms with Crippen LogP contribution >= 0.6 is 0 Å². The predicted molar refractivity (Wildman–Crippen MR) is 109 cm³/mol. The summed E-state index contributed by atoms with van der Waals surface area (Å²) in [7, 11) is 0. The van der Waals surface area contributed by atoms with Crippen molar-refractivity contribution >= 4 is 23.5 Å². The van der Waals surface area contributed by atoms with E-state index in [-0.39, 0.29) is 16.6 Å². The molecule has 4 nitrogen and oxygen atoms in total. The lowest BCUT2D eigenvalue weighted by Gasteiger charge is -2.30. The van der Waals surface area contributed by atoms with Crippen molar-refractivity contribution in [3.63, 3.8) is 0 Å². The molecule has 1 aromatic rings. The molecule has 1 aliphatic carbocycles. The first-order chi connectivity index (χ1) is 12.5. The Labute approximate surface area is 161 Å². The van der Waals surface area contributed by atoms with Gasteiger partial charge in [0.05, 0.1) is 0 Å². The van der Waals surface area contributed by atoms with Crippen LogP contribution < -0.4 is 0 Å². The molecule has 0 heterocycles. The van der Waals surface area contributed by atoms with E-state index in [4.69, 9.17) is 4.84 Å². The smallest absolute Gasteiger partial charge is 0.313 e. The van der Waals surface area contributed by atoms with E-state index in [0.29, 0.717) is 16.9 Å². The molecular formula is C23H27NO3. The number of carbonyl (C=O) groups excluding carboxylic acids is 2. The molecule has 0 unspecified atom stereocenters. The second kappa shape index (κ2) is 7.87. The number of hydrogen-bond acceptors (Lipinski definition) is 4. The number of ketones is 1. The second-order valence-corrected chi connectivity index (χ2v) is 8.62. The van der Waals surface area contributed by atoms with E-state index in [1.807, 2.05) is 71.9 Å². The number of rotatable bonds is 3. The Morgan fingerprint density at radius 3 is 1.93 bits per heavy atom. The number of benzene rings is 1. The van der Waals surface area contributed by atoms with E-state index < -0.39 is 5.97 Å². The van der Waals surface area contributed by atoms with Gasteiger partial charge in [0, 0.05) is 17.2 Å². The zero-order valence-corrected chi connectivity index (χ0v) is 16.9. The van der Waals surface area contributed by atoms with Gasteiger partial charge < -0.3 is 4.84 Å². The second-order valence-electron chi connectivity index (χ2n) is 8.62. The summed E-state index contributed by atoms with van der Waals surface area (Å²) in [6.07, 6.45) is 6.40. The third-order valence-electron chi connectivity index (χ3n) is 4.14. The summed E-state index contributed by atoms with van der Waals surface area (Å²) in [5.41, 5.74) is 2.01. The fraction of sp³-hybridized carbons (Fsp3) is 0.348. The van der Waals surface area contributed by atoms with Crippen molar-refractivity contribution in [1.29, 1.82) is 0 Å². The Morgan fingerprint density at radius 1 is 0.926 bits per heavy atom. The number of nitrogens with zero attached hydrogens (tertiary/aromatic N) is 1. The van der Waals surface area contributed by atoms with Gasteiger partial charge in [-0.15, -0.1) is 0 Å². The van der Waals surface area contributed by atoms with Crippen LogP contribution in [0.1, 0.15) is 47.1 Å². The molecule has 0 bridgehead atoms. The lowest BCUT2D eigenvalue weighted by molar-refractivity contribution is -0.137. The Bertz CT molecular complexity index is 806. The van der Waals surface area contributed by atoms with Gasteiger partial charge in [-0.25, -0.2) is 4.79 Å². The molecule has 0 saturated carbocycles. The molecule has 1 aromatic carbocycles. The molecule has 27 heavy (non-hydrogen) atoms. The molecule has 0 atom stereocenters. The molecule has 1 aliphatic rings. The van der Waals surface area contributed by atoms with Crippen LogP contribution in [0.3, 0.4) is 0 Å². The van der Waals surface area contributed by atoms with Gasteiger partial charge in [-0.2, -0.15) is 0 Å². The number of oxime groups is 1. The highest BCUT2D eigenvalue weighted by molar-refractivity contribution is 6.22. The molecule has 2 rings (SSSR count). The lowest BCUT2D eigenvalue weighted by Crippen LogP contribution is -2.29. The first-order valence-corrected chi connectivity index (χ1v) is 8.99. The van der Waals surface area contributed by atoms with Gasteiger partial charge in [0.25, 0.3) is 0 Å². The van der Waals surface area contributed by atoms with Crippen molar-refractivity contribution in [2.75, 3.05) is 0 Å². The SMILES string of the molecule is CC(C)(C)C1=CC(=NOC(=O)/C=C\c2ccccc2)C=C(C(C)(C)C)C1=O. The van der Waals surface area contributed by atoms with E-state index in [0.717, 1.165) is 5.56 Å². The number of hydrogen-bond donors (Lipinski definition) is 0. The number of allylic oxidation sites excluding steroid dienone is 4. The average molecular weight is 365 g/mol. The van der Waals surface area contributed by atoms with Crippen molar-refractivity contribution in [2.24, 2.45) is 16.0 Å². The third kappa shape index (κ3) is 5.61. The summed E-state index contributed by atoms with van der Waals surface area (Å²) < 4.78 is 0. The Kier molecular flexibility index (Phi) is 5.99. The molecular weight excluding hydrogens is 338 g/mol. The minimum atomic E-state index is -0.570. The van der Waals surface area contributed by atoms with Crippen molar-refractivity contribution in [3.05, 3.63) is 65.3 Å². The lowest BCUT2D eigenvalue weighted by atomic mass is 9.72. The molecule has 142 valence electrons. The molecule has 0 aliphatic heterocycles. The molecule has 0 spiro atoms. The Balaban J connectivity index is 2.24. The number of carbonyl (C=O) groups is 2. The van der Waals surface area contributed by atoms with Crippen molar-refractivity contribution in [3.8, 4) is 0 Å². The van der Waals surface area contributed by atoms with Crippen LogP contribution in [0.2, 0.25) is 0 Å². The molecule has 0 saturated heterocycles. The Hall–Kier alpha value is -2.75. The van der Waals surface area contributed by atoms with Crippen LogP contribution in [0.15, 0.2) is 64.9 Å². The van der Waals surface area contributed by atoms with Crippen LogP contribution in [0.25, 0.3) is 6.08 Å². The fourth-order valence-corrected chi connectivity index (χ4v) is 2.64. The van der Waals surface area contributed by atoms with Crippen LogP contribution in [0.4, 0.5) is 0 Å². The van der Waals surface area contributed by atoms with Gasteiger partial charge in [0.15, 0.2) is 5.78 Å². The van der Waals surface area contributed by atoms with Crippen LogP contribution in [0, 0.1) is 10.8 Å². The minimum Gasteiger partial charge on any atom is -0.313 e. The maximum absolute atomic E-state index is 12.9. The van der Waals surface area contributed by atoms with E-state index in [2.05, 4.69) is 5.16 Å². The van der Waals surface area contributed by atoms with Gasteiger partial charge in [-0.05, 0) is 34.6 Å². The highest BCUT2D eigenvalue weighted by atomic mass is 16.7. The molecule has 0 amide bonds. The molecule has 0 N–H and O–H groups in total. The minimum absolute atomic E-state index is 0.0178. The van der Waals surface area contributed by atoms with Gasteiger partial charge >= 0.3 is 5.97 Å². The zero-order valence-electron chi connectivity index (χ0n) is 16.9. The summed E-state index contributed by atoms with van der Waals surface area (Å²) in [6, 6.07) is 9.46. The first kappa shape index (κ1) is 20.6. The fourth-order valence-electron chi connectivity index (χ4n) is 2.64. The molecule has 0 radical (unpaired) electrons. The molecule has 0 aromatic heterocycles. The highest BCUT2D eigenvalue weighted by Crippen LogP contribution is 2.36. The first-order valence-electron chi connectivity index (χ1n) is 8.99.